The number of carbonyl (C=O) groups excluding carboxylic acids is 1. The van der Waals surface area contributed by atoms with Crippen LogP contribution >= 0.6 is 0 Å². The fourth-order valence-electron chi connectivity index (χ4n) is 3.40. The van der Waals surface area contributed by atoms with E-state index in [9.17, 15) is 4.79 Å². The Kier molecular flexibility index (Phi) is 7.87. The van der Waals surface area contributed by atoms with Crippen molar-refractivity contribution in [3.05, 3.63) is 77.4 Å². The average molecular weight is 418 g/mol. The van der Waals surface area contributed by atoms with E-state index < -0.39 is 26.3 Å². The Morgan fingerprint density at radius 1 is 1.03 bits per heavy atom. The van der Waals surface area contributed by atoms with Gasteiger partial charge in [-0.05, 0) is 41.4 Å². The molecule has 156 valence electrons. The van der Waals surface area contributed by atoms with E-state index in [1.165, 1.54) is 12.1 Å². The molecule has 0 aliphatic heterocycles. The largest absolute Gasteiger partial charge is 0.404 e. The fourth-order valence-corrected chi connectivity index (χ4v) is 6.19. The molecule has 0 bridgehead atoms. The first kappa shape index (κ1) is 23.0. The van der Waals surface area contributed by atoms with Gasteiger partial charge in [-0.3, -0.25) is 4.79 Å². The van der Waals surface area contributed by atoms with Crippen molar-refractivity contribution in [1.29, 1.82) is 0 Å². The summed E-state index contributed by atoms with van der Waals surface area (Å²) in [5, 5.41) is 0. The fraction of sp³-hybridized carbons (Fsp3) is 0.348. The lowest BCUT2D eigenvalue weighted by atomic mass is 10.0. The molecule has 1 atom stereocenters. The maximum absolute atomic E-state index is 15.4. The molecule has 2 rings (SSSR count). The predicted octanol–water partition coefficient (Wildman–Crippen LogP) is 6.20. The van der Waals surface area contributed by atoms with Crippen LogP contribution in [0.25, 0.3) is 6.08 Å². The van der Waals surface area contributed by atoms with Crippen LogP contribution in [-0.2, 0) is 4.43 Å². The molecule has 0 heterocycles. The summed E-state index contributed by atoms with van der Waals surface area (Å²) in [4.78, 5) is 11.6. The molecule has 0 aliphatic carbocycles. The number of primary amides is 1. The van der Waals surface area contributed by atoms with Crippen LogP contribution in [0.15, 0.2) is 60.7 Å². The van der Waals surface area contributed by atoms with E-state index in [4.69, 9.17) is 10.2 Å². The van der Waals surface area contributed by atoms with Crippen LogP contribution in [0.2, 0.25) is 18.1 Å². The molecule has 3 nitrogen and oxygen atoms in total. The summed E-state index contributed by atoms with van der Waals surface area (Å²) >= 11 is 0. The van der Waals surface area contributed by atoms with Gasteiger partial charge in [0, 0.05) is 5.56 Å². The van der Waals surface area contributed by atoms with Crippen LogP contribution in [0.1, 0.15) is 48.4 Å². The molecule has 0 aliphatic rings. The standard InChI is InChI=1S/C23H29F2NO2Si/c1-4-29(5-2,6-3)28-21(19-13-8-7-9-14-19)23(24,25)17-16-18-12-10-11-15-20(18)22(26)27/h7-17,21H,4-6H2,1-3H3,(H2,26,27). The molecule has 2 aromatic rings. The molecule has 2 N–H and O–H groups in total. The smallest absolute Gasteiger partial charge is 0.295 e. The van der Waals surface area contributed by atoms with Gasteiger partial charge in [-0.25, -0.2) is 0 Å². The van der Waals surface area contributed by atoms with Crippen molar-refractivity contribution in [2.45, 2.75) is 50.9 Å². The molecule has 1 amide bonds. The molecule has 29 heavy (non-hydrogen) atoms. The Bertz CT molecular complexity index is 828. The van der Waals surface area contributed by atoms with Crippen molar-refractivity contribution in [3.8, 4) is 0 Å². The number of alkyl halides is 2. The summed E-state index contributed by atoms with van der Waals surface area (Å²) in [6, 6.07) is 17.4. The highest BCUT2D eigenvalue weighted by Crippen LogP contribution is 2.41. The molecule has 0 spiro atoms. The van der Waals surface area contributed by atoms with Gasteiger partial charge < -0.3 is 10.2 Å². The third-order valence-corrected chi connectivity index (χ3v) is 10.1. The first-order chi connectivity index (χ1) is 13.8. The number of benzene rings is 2. The van der Waals surface area contributed by atoms with Crippen molar-refractivity contribution in [2.75, 3.05) is 0 Å². The molecular weight excluding hydrogens is 388 g/mol. The van der Waals surface area contributed by atoms with E-state index in [1.807, 2.05) is 20.8 Å². The number of nitrogens with two attached hydrogens (primary N) is 1. The van der Waals surface area contributed by atoms with Gasteiger partial charge in [0.2, 0.25) is 5.91 Å². The second-order valence-corrected chi connectivity index (χ2v) is 11.8. The normalized spacial score (nSPS) is 13.6. The molecule has 0 saturated carbocycles. The SMILES string of the molecule is CC[Si](CC)(CC)OC(c1ccccc1)C(F)(F)C=Cc1ccccc1C(N)=O. The van der Waals surface area contributed by atoms with E-state index in [0.717, 1.165) is 24.2 Å². The summed E-state index contributed by atoms with van der Waals surface area (Å²) in [6.45, 7) is 6.04. The highest BCUT2D eigenvalue weighted by molar-refractivity contribution is 6.73. The number of hydrogen-bond acceptors (Lipinski definition) is 2. The minimum absolute atomic E-state index is 0.205. The van der Waals surface area contributed by atoms with Crippen LogP contribution in [0.3, 0.4) is 0 Å². The molecule has 0 aromatic heterocycles. The third-order valence-electron chi connectivity index (χ3n) is 5.46. The van der Waals surface area contributed by atoms with Gasteiger partial charge in [-0.15, -0.1) is 0 Å². The number of rotatable bonds is 10. The highest BCUT2D eigenvalue weighted by atomic mass is 28.4. The van der Waals surface area contributed by atoms with Crippen molar-refractivity contribution in [2.24, 2.45) is 5.73 Å². The minimum Gasteiger partial charge on any atom is -0.404 e. The quantitative estimate of drug-likeness (QED) is 0.468. The number of hydrogen-bond donors (Lipinski definition) is 1. The van der Waals surface area contributed by atoms with Crippen LogP contribution in [0.5, 0.6) is 0 Å². The predicted molar refractivity (Wildman–Crippen MR) is 116 cm³/mol. The zero-order valence-electron chi connectivity index (χ0n) is 17.2. The Morgan fingerprint density at radius 3 is 2.14 bits per heavy atom. The first-order valence-electron chi connectivity index (χ1n) is 9.97. The van der Waals surface area contributed by atoms with Gasteiger partial charge in [0.1, 0.15) is 6.10 Å². The van der Waals surface area contributed by atoms with Gasteiger partial charge >= 0.3 is 0 Å². The zero-order valence-corrected chi connectivity index (χ0v) is 18.2. The van der Waals surface area contributed by atoms with Crippen molar-refractivity contribution in [3.63, 3.8) is 0 Å². The molecular formula is C23H29F2NO2Si. The van der Waals surface area contributed by atoms with E-state index in [1.54, 1.807) is 48.5 Å². The molecule has 1 unspecified atom stereocenters. The van der Waals surface area contributed by atoms with E-state index in [2.05, 4.69) is 0 Å². The lowest BCUT2D eigenvalue weighted by Gasteiger charge is -2.36. The summed E-state index contributed by atoms with van der Waals surface area (Å²) in [5.41, 5.74) is 6.37. The first-order valence-corrected chi connectivity index (χ1v) is 12.5. The van der Waals surface area contributed by atoms with Crippen LogP contribution in [0, 0.1) is 0 Å². The zero-order chi connectivity index (χ0) is 21.5. The van der Waals surface area contributed by atoms with Gasteiger partial charge in [-0.1, -0.05) is 75.4 Å². The van der Waals surface area contributed by atoms with E-state index in [0.29, 0.717) is 11.1 Å². The topological polar surface area (TPSA) is 52.3 Å². The van der Waals surface area contributed by atoms with Gasteiger partial charge in [0.15, 0.2) is 8.32 Å². The second kappa shape index (κ2) is 9.94. The molecule has 0 radical (unpaired) electrons. The average Bonchev–Trinajstić information content (AvgIpc) is 2.74. The maximum atomic E-state index is 15.4. The Balaban J connectivity index is 2.45. The second-order valence-electron chi connectivity index (χ2n) is 7.11. The van der Waals surface area contributed by atoms with E-state index in [-0.39, 0.29) is 5.56 Å². The maximum Gasteiger partial charge on any atom is 0.295 e. The highest BCUT2D eigenvalue weighted by Gasteiger charge is 2.44. The molecule has 0 saturated heterocycles. The third kappa shape index (κ3) is 5.61. The van der Waals surface area contributed by atoms with Crippen LogP contribution in [0.4, 0.5) is 8.78 Å². The summed E-state index contributed by atoms with van der Waals surface area (Å²) < 4.78 is 37.1. The lowest BCUT2D eigenvalue weighted by molar-refractivity contribution is -0.0627. The summed E-state index contributed by atoms with van der Waals surface area (Å²) in [5.74, 6) is -3.91. The van der Waals surface area contributed by atoms with Gasteiger partial charge in [0.25, 0.3) is 5.92 Å². The van der Waals surface area contributed by atoms with Gasteiger partial charge in [0.05, 0.1) is 0 Å². The van der Waals surface area contributed by atoms with Crippen LogP contribution < -0.4 is 5.73 Å². The molecule has 6 heteroatoms. The van der Waals surface area contributed by atoms with E-state index >= 15 is 8.78 Å². The monoisotopic (exact) mass is 417 g/mol. The minimum atomic E-state index is -3.26. The number of halogens is 2. The Labute approximate surface area is 172 Å². The summed E-state index contributed by atoms with van der Waals surface area (Å²) in [6.07, 6.45) is 0.700. The van der Waals surface area contributed by atoms with Crippen LogP contribution in [-0.4, -0.2) is 20.1 Å². The molecule has 0 fully saturated rings. The van der Waals surface area contributed by atoms with Gasteiger partial charge in [-0.2, -0.15) is 8.78 Å². The van der Waals surface area contributed by atoms with Crippen molar-refractivity contribution >= 4 is 20.3 Å². The Hall–Kier alpha value is -2.31. The number of carbonyl (C=O) groups is 1. The van der Waals surface area contributed by atoms with Crippen molar-refractivity contribution < 1.29 is 18.0 Å². The number of amides is 1. The molecule has 2 aromatic carbocycles. The summed E-state index contributed by atoms with van der Waals surface area (Å²) in [7, 11) is -2.30. The lowest BCUT2D eigenvalue weighted by Crippen LogP contribution is -2.41. The van der Waals surface area contributed by atoms with Crippen molar-refractivity contribution in [1.82, 2.24) is 0 Å². The Morgan fingerprint density at radius 2 is 1.59 bits per heavy atom.